The summed E-state index contributed by atoms with van der Waals surface area (Å²) in [7, 11) is 0. The van der Waals surface area contributed by atoms with Gasteiger partial charge in [-0.1, -0.05) is 15.9 Å². The van der Waals surface area contributed by atoms with Crippen molar-refractivity contribution in [2.24, 2.45) is 0 Å². The van der Waals surface area contributed by atoms with E-state index in [1.165, 1.54) is 6.20 Å². The molecule has 3 aromatic heterocycles. The number of rotatable bonds is 6. The van der Waals surface area contributed by atoms with E-state index in [4.69, 9.17) is 4.74 Å². The molecule has 0 saturated heterocycles. The average Bonchev–Trinajstić information content (AvgIpc) is 3.03. The highest BCUT2D eigenvalue weighted by atomic mass is 79.9. The molecule has 6 nitrogen and oxygen atoms in total. The zero-order chi connectivity index (χ0) is 17.1. The molecule has 0 fully saturated rings. The van der Waals surface area contributed by atoms with Crippen LogP contribution in [-0.2, 0) is 0 Å². The highest BCUT2D eigenvalue weighted by Gasteiger charge is 2.16. The molecule has 124 valence electrons. The number of carbonyl (C=O) groups is 1. The quantitative estimate of drug-likeness (QED) is 0.477. The molecule has 0 bridgehead atoms. The SMILES string of the molecule is CC(C)n1ccc2cnc(C(=O)c3ccc(OCCBr)cn3)nc21. The topological polar surface area (TPSA) is 69.9 Å². The van der Waals surface area contributed by atoms with E-state index in [1.807, 2.05) is 16.8 Å². The summed E-state index contributed by atoms with van der Waals surface area (Å²) in [5, 5.41) is 1.64. The molecule has 0 aliphatic heterocycles. The lowest BCUT2D eigenvalue weighted by Crippen LogP contribution is -2.10. The van der Waals surface area contributed by atoms with E-state index in [2.05, 4.69) is 44.7 Å². The molecule has 0 spiro atoms. The summed E-state index contributed by atoms with van der Waals surface area (Å²) in [6, 6.07) is 5.54. The predicted molar refractivity (Wildman–Crippen MR) is 94.9 cm³/mol. The van der Waals surface area contributed by atoms with Crippen molar-refractivity contribution in [2.45, 2.75) is 19.9 Å². The molecule has 0 saturated carbocycles. The third-order valence-electron chi connectivity index (χ3n) is 3.53. The van der Waals surface area contributed by atoms with Gasteiger partial charge < -0.3 is 9.30 Å². The number of alkyl halides is 1. The van der Waals surface area contributed by atoms with E-state index >= 15 is 0 Å². The van der Waals surface area contributed by atoms with Gasteiger partial charge in [-0.3, -0.25) is 4.79 Å². The number of carbonyl (C=O) groups excluding carboxylic acids is 1. The van der Waals surface area contributed by atoms with Gasteiger partial charge in [0, 0.05) is 29.2 Å². The van der Waals surface area contributed by atoms with E-state index in [9.17, 15) is 4.79 Å². The maximum Gasteiger partial charge on any atom is 0.248 e. The number of aromatic nitrogens is 4. The summed E-state index contributed by atoms with van der Waals surface area (Å²) in [5.41, 5.74) is 1.05. The second-order valence-corrected chi connectivity index (χ2v) is 6.33. The first-order chi connectivity index (χ1) is 11.6. The van der Waals surface area contributed by atoms with Crippen LogP contribution >= 0.6 is 15.9 Å². The van der Waals surface area contributed by atoms with Crippen LogP contribution in [0, 0.1) is 0 Å². The number of ether oxygens (including phenoxy) is 1. The lowest BCUT2D eigenvalue weighted by atomic mass is 10.2. The van der Waals surface area contributed by atoms with Crippen LogP contribution in [0.5, 0.6) is 5.75 Å². The Hall–Kier alpha value is -2.28. The second kappa shape index (κ2) is 7.09. The van der Waals surface area contributed by atoms with E-state index in [0.29, 0.717) is 18.1 Å². The largest absolute Gasteiger partial charge is 0.491 e. The zero-order valence-corrected chi connectivity index (χ0v) is 15.0. The molecule has 0 radical (unpaired) electrons. The molecule has 0 unspecified atom stereocenters. The van der Waals surface area contributed by atoms with E-state index in [1.54, 1.807) is 18.3 Å². The third-order valence-corrected chi connectivity index (χ3v) is 3.85. The number of halogens is 1. The van der Waals surface area contributed by atoms with E-state index in [0.717, 1.165) is 16.4 Å². The van der Waals surface area contributed by atoms with Crippen LogP contribution in [0.4, 0.5) is 0 Å². The van der Waals surface area contributed by atoms with Crippen LogP contribution in [0.1, 0.15) is 36.2 Å². The number of pyridine rings is 1. The molecule has 3 rings (SSSR count). The fraction of sp³-hybridized carbons (Fsp3) is 0.294. The maximum atomic E-state index is 12.6. The number of hydrogen-bond donors (Lipinski definition) is 0. The van der Waals surface area contributed by atoms with E-state index in [-0.39, 0.29) is 17.6 Å². The van der Waals surface area contributed by atoms with Crippen molar-refractivity contribution in [2.75, 3.05) is 11.9 Å². The summed E-state index contributed by atoms with van der Waals surface area (Å²) < 4.78 is 7.44. The molecule has 0 aliphatic rings. The minimum absolute atomic E-state index is 0.143. The van der Waals surface area contributed by atoms with Gasteiger partial charge in [-0.2, -0.15) is 0 Å². The standard InChI is InChI=1S/C17H17BrN4O2/c1-11(2)22-7-5-12-9-20-16(21-17(12)22)15(23)14-4-3-13(10-19-14)24-8-6-18/h3-5,7,9-11H,6,8H2,1-2H3. The highest BCUT2D eigenvalue weighted by molar-refractivity contribution is 9.09. The Kier molecular flexibility index (Phi) is 4.89. The molecule has 7 heteroatoms. The van der Waals surface area contributed by atoms with Crippen molar-refractivity contribution in [3.63, 3.8) is 0 Å². The molecule has 0 atom stereocenters. The van der Waals surface area contributed by atoms with Gasteiger partial charge in [0.25, 0.3) is 0 Å². The smallest absolute Gasteiger partial charge is 0.248 e. The van der Waals surface area contributed by atoms with Crippen molar-refractivity contribution < 1.29 is 9.53 Å². The minimum Gasteiger partial charge on any atom is -0.491 e. The van der Waals surface area contributed by atoms with Crippen LogP contribution < -0.4 is 4.74 Å². The van der Waals surface area contributed by atoms with Gasteiger partial charge in [0.1, 0.15) is 17.1 Å². The van der Waals surface area contributed by atoms with Gasteiger partial charge in [0.2, 0.25) is 11.6 Å². The Labute approximate surface area is 148 Å². The Bertz CT molecular complexity index is 859. The molecule has 3 heterocycles. The fourth-order valence-corrected chi connectivity index (χ4v) is 2.50. The van der Waals surface area contributed by atoms with Crippen LogP contribution in [0.3, 0.4) is 0 Å². The first-order valence-corrected chi connectivity index (χ1v) is 8.75. The summed E-state index contributed by atoms with van der Waals surface area (Å²) in [6.45, 7) is 4.67. The van der Waals surface area contributed by atoms with Crippen molar-refractivity contribution in [1.82, 2.24) is 19.5 Å². The average molecular weight is 389 g/mol. The van der Waals surface area contributed by atoms with Crippen LogP contribution in [0.15, 0.2) is 36.8 Å². The summed E-state index contributed by atoms with van der Waals surface area (Å²) >= 11 is 3.29. The summed E-state index contributed by atoms with van der Waals surface area (Å²) in [6.07, 6.45) is 5.15. The van der Waals surface area contributed by atoms with E-state index < -0.39 is 0 Å². The molecular weight excluding hydrogens is 372 g/mol. The van der Waals surface area contributed by atoms with Gasteiger partial charge in [0.05, 0.1) is 12.8 Å². The van der Waals surface area contributed by atoms with Crippen LogP contribution in [0.2, 0.25) is 0 Å². The Morgan fingerprint density at radius 3 is 2.75 bits per heavy atom. The van der Waals surface area contributed by atoms with Gasteiger partial charge in [-0.05, 0) is 32.0 Å². The minimum atomic E-state index is -0.305. The van der Waals surface area contributed by atoms with Gasteiger partial charge in [-0.25, -0.2) is 15.0 Å². The van der Waals surface area contributed by atoms with Crippen molar-refractivity contribution in [3.05, 3.63) is 48.3 Å². The lowest BCUT2D eigenvalue weighted by Gasteiger charge is -2.08. The molecule has 0 aliphatic carbocycles. The van der Waals surface area contributed by atoms with Gasteiger partial charge in [0.15, 0.2) is 0 Å². The molecule has 24 heavy (non-hydrogen) atoms. The molecular formula is C17H17BrN4O2. The number of nitrogens with zero attached hydrogens (tertiary/aromatic N) is 4. The fourth-order valence-electron chi connectivity index (χ4n) is 2.33. The van der Waals surface area contributed by atoms with Crippen LogP contribution in [-0.4, -0.2) is 37.2 Å². The summed E-state index contributed by atoms with van der Waals surface area (Å²) in [5.74, 6) is 0.459. The first kappa shape index (κ1) is 16.6. The Morgan fingerprint density at radius 2 is 2.08 bits per heavy atom. The molecule has 3 aromatic rings. The molecule has 0 N–H and O–H groups in total. The third kappa shape index (κ3) is 3.31. The molecule has 0 aromatic carbocycles. The monoisotopic (exact) mass is 388 g/mol. The first-order valence-electron chi connectivity index (χ1n) is 7.63. The highest BCUT2D eigenvalue weighted by Crippen LogP contribution is 2.18. The van der Waals surface area contributed by atoms with Crippen molar-refractivity contribution >= 4 is 32.7 Å². The Balaban J connectivity index is 1.89. The van der Waals surface area contributed by atoms with Crippen LogP contribution in [0.25, 0.3) is 11.0 Å². The maximum absolute atomic E-state index is 12.6. The van der Waals surface area contributed by atoms with Gasteiger partial charge >= 0.3 is 0 Å². The van der Waals surface area contributed by atoms with Gasteiger partial charge in [-0.15, -0.1) is 0 Å². The lowest BCUT2D eigenvalue weighted by molar-refractivity contribution is 0.102. The molecule has 0 amide bonds. The number of ketones is 1. The second-order valence-electron chi connectivity index (χ2n) is 5.54. The zero-order valence-electron chi connectivity index (χ0n) is 13.4. The van der Waals surface area contributed by atoms with Crippen molar-refractivity contribution in [1.29, 1.82) is 0 Å². The Morgan fingerprint density at radius 1 is 1.25 bits per heavy atom. The normalized spacial score (nSPS) is 11.2. The predicted octanol–water partition coefficient (Wildman–Crippen LogP) is 3.41. The van der Waals surface area contributed by atoms with Crippen molar-refractivity contribution in [3.8, 4) is 5.75 Å². The summed E-state index contributed by atoms with van der Waals surface area (Å²) in [4.78, 5) is 25.3. The number of fused-ring (bicyclic) bond motifs is 1. The number of hydrogen-bond acceptors (Lipinski definition) is 5.